The maximum absolute atomic E-state index is 12.2. The Balaban J connectivity index is 1.59. The van der Waals surface area contributed by atoms with E-state index in [0.29, 0.717) is 15.8 Å². The minimum absolute atomic E-state index is 0.219. The Morgan fingerprint density at radius 1 is 1.18 bits per heavy atom. The summed E-state index contributed by atoms with van der Waals surface area (Å²) in [5.41, 5.74) is 1.65. The zero-order valence-corrected chi connectivity index (χ0v) is 17.7. The third kappa shape index (κ3) is 5.05. The average Bonchev–Trinajstić information content (AvgIpc) is 3.15. The molecule has 2 aromatic carbocycles. The lowest BCUT2D eigenvalue weighted by molar-refractivity contribution is -0.119. The molecular weight excluding hydrogens is 439 g/mol. The summed E-state index contributed by atoms with van der Waals surface area (Å²) in [6.07, 6.45) is 1.89. The van der Waals surface area contributed by atoms with E-state index in [1.807, 2.05) is 24.5 Å². The number of rotatable bonds is 6. The third-order valence-corrected chi connectivity index (χ3v) is 5.77. The Hall–Kier alpha value is -2.06. The van der Waals surface area contributed by atoms with Gasteiger partial charge in [0.2, 0.25) is 0 Å². The molecule has 1 amide bonds. The molecule has 0 saturated carbocycles. The van der Waals surface area contributed by atoms with Gasteiger partial charge in [-0.05, 0) is 30.5 Å². The molecule has 0 aliphatic heterocycles. The minimum atomic E-state index is -0.660. The Morgan fingerprint density at radius 2 is 1.96 bits per heavy atom. The van der Waals surface area contributed by atoms with Crippen LogP contribution in [0.3, 0.4) is 0 Å². The third-order valence-electron chi connectivity index (χ3n) is 3.63. The van der Waals surface area contributed by atoms with Crippen molar-refractivity contribution in [2.45, 2.75) is 4.90 Å². The highest BCUT2D eigenvalue weighted by Crippen LogP contribution is 2.30. The second-order valence-corrected chi connectivity index (χ2v) is 8.04. The van der Waals surface area contributed by atoms with Crippen LogP contribution in [-0.2, 0) is 9.53 Å². The summed E-state index contributed by atoms with van der Waals surface area (Å²) in [4.78, 5) is 29.5. The fourth-order valence-corrected chi connectivity index (χ4v) is 3.87. The Morgan fingerprint density at radius 3 is 2.71 bits per heavy atom. The fraction of sp³-hybridized carbons (Fsp3) is 0.105. The van der Waals surface area contributed by atoms with Gasteiger partial charge in [-0.2, -0.15) is 0 Å². The summed E-state index contributed by atoms with van der Waals surface area (Å²) in [6, 6.07) is 12.4. The molecule has 0 spiro atoms. The van der Waals surface area contributed by atoms with E-state index in [1.165, 1.54) is 23.1 Å². The number of hydrogen-bond donors (Lipinski definition) is 1. The van der Waals surface area contributed by atoms with Crippen molar-refractivity contribution >= 4 is 63.3 Å². The van der Waals surface area contributed by atoms with E-state index in [1.54, 1.807) is 29.6 Å². The van der Waals surface area contributed by atoms with E-state index >= 15 is 0 Å². The first-order chi connectivity index (χ1) is 13.5. The smallest absolute Gasteiger partial charge is 0.340 e. The summed E-state index contributed by atoms with van der Waals surface area (Å²) in [5.74, 6) is -1.16. The molecule has 3 aromatic rings. The van der Waals surface area contributed by atoms with Crippen LogP contribution in [0.1, 0.15) is 10.4 Å². The predicted molar refractivity (Wildman–Crippen MR) is 115 cm³/mol. The van der Waals surface area contributed by atoms with Gasteiger partial charge >= 0.3 is 5.97 Å². The number of esters is 1. The first-order valence-corrected chi connectivity index (χ1v) is 10.8. The summed E-state index contributed by atoms with van der Waals surface area (Å²) in [6.45, 7) is -0.445. The number of carbonyl (C=O) groups excluding carboxylic acids is 2. The van der Waals surface area contributed by atoms with Crippen molar-refractivity contribution in [1.82, 2.24) is 4.98 Å². The molecule has 1 N–H and O–H groups in total. The number of amides is 1. The zero-order valence-electron chi connectivity index (χ0n) is 14.6. The predicted octanol–water partition coefficient (Wildman–Crippen LogP) is 5.63. The van der Waals surface area contributed by atoms with Crippen molar-refractivity contribution in [2.75, 3.05) is 18.2 Å². The maximum Gasteiger partial charge on any atom is 0.340 e. The molecule has 3 rings (SSSR count). The second kappa shape index (κ2) is 9.43. The largest absolute Gasteiger partial charge is 0.452 e. The van der Waals surface area contributed by atoms with Gasteiger partial charge in [-0.1, -0.05) is 41.4 Å². The van der Waals surface area contributed by atoms with Gasteiger partial charge in [-0.3, -0.25) is 10.1 Å². The number of aromatic nitrogens is 1. The zero-order chi connectivity index (χ0) is 20.1. The van der Waals surface area contributed by atoms with Crippen LogP contribution >= 0.6 is 46.3 Å². The molecule has 5 nitrogen and oxygen atoms in total. The molecule has 0 aliphatic carbocycles. The van der Waals surface area contributed by atoms with Crippen molar-refractivity contribution in [2.24, 2.45) is 0 Å². The van der Waals surface area contributed by atoms with Crippen LogP contribution in [0.15, 0.2) is 52.7 Å². The molecule has 0 unspecified atom stereocenters. The van der Waals surface area contributed by atoms with Crippen LogP contribution < -0.4 is 5.32 Å². The van der Waals surface area contributed by atoms with Crippen LogP contribution in [0.5, 0.6) is 0 Å². The SMILES string of the molecule is CSc1ccc(Cl)c(C(=O)OCC(=O)Nc2nc(-c3ccccc3Cl)cs2)c1. The van der Waals surface area contributed by atoms with Gasteiger partial charge in [-0.15, -0.1) is 23.1 Å². The molecule has 0 fully saturated rings. The molecule has 1 heterocycles. The van der Waals surface area contributed by atoms with Gasteiger partial charge in [0.05, 0.1) is 16.3 Å². The van der Waals surface area contributed by atoms with Gasteiger partial charge < -0.3 is 4.74 Å². The van der Waals surface area contributed by atoms with Crippen LogP contribution in [0.2, 0.25) is 10.0 Å². The summed E-state index contributed by atoms with van der Waals surface area (Å²) >= 11 is 14.9. The normalized spacial score (nSPS) is 10.5. The first kappa shape index (κ1) is 20.7. The molecule has 0 aliphatic rings. The van der Waals surface area contributed by atoms with E-state index in [0.717, 1.165) is 10.5 Å². The molecule has 0 radical (unpaired) electrons. The van der Waals surface area contributed by atoms with Gasteiger partial charge in [0, 0.05) is 20.9 Å². The number of ether oxygens (including phenoxy) is 1. The molecule has 144 valence electrons. The number of nitrogens with one attached hydrogen (secondary N) is 1. The van der Waals surface area contributed by atoms with Gasteiger partial charge in [-0.25, -0.2) is 9.78 Å². The van der Waals surface area contributed by atoms with Crippen LogP contribution in [-0.4, -0.2) is 29.7 Å². The lowest BCUT2D eigenvalue weighted by atomic mass is 10.2. The quantitative estimate of drug-likeness (QED) is 0.387. The summed E-state index contributed by atoms with van der Waals surface area (Å²) < 4.78 is 5.06. The molecule has 0 bridgehead atoms. The van der Waals surface area contributed by atoms with Gasteiger partial charge in [0.15, 0.2) is 11.7 Å². The van der Waals surface area contributed by atoms with Crippen LogP contribution in [0.4, 0.5) is 5.13 Å². The Bertz CT molecular complexity index is 1020. The van der Waals surface area contributed by atoms with Crippen molar-refractivity contribution < 1.29 is 14.3 Å². The van der Waals surface area contributed by atoms with Crippen LogP contribution in [0, 0.1) is 0 Å². The van der Waals surface area contributed by atoms with E-state index in [9.17, 15) is 9.59 Å². The van der Waals surface area contributed by atoms with E-state index in [-0.39, 0.29) is 10.6 Å². The molecular formula is C19H14Cl2N2O3S2. The molecule has 0 saturated heterocycles. The Labute approximate surface area is 180 Å². The van der Waals surface area contributed by atoms with Crippen molar-refractivity contribution in [3.63, 3.8) is 0 Å². The van der Waals surface area contributed by atoms with Gasteiger partial charge in [0.25, 0.3) is 5.91 Å². The monoisotopic (exact) mass is 452 g/mol. The van der Waals surface area contributed by atoms with E-state index in [2.05, 4.69) is 10.3 Å². The highest BCUT2D eigenvalue weighted by Gasteiger charge is 2.16. The number of thiazole rings is 1. The van der Waals surface area contributed by atoms with E-state index < -0.39 is 18.5 Å². The summed E-state index contributed by atoms with van der Waals surface area (Å²) in [5, 5.41) is 5.63. The average molecular weight is 453 g/mol. The van der Waals surface area contributed by atoms with Crippen molar-refractivity contribution in [3.05, 3.63) is 63.5 Å². The maximum atomic E-state index is 12.2. The van der Waals surface area contributed by atoms with Crippen LogP contribution in [0.25, 0.3) is 11.3 Å². The molecule has 9 heteroatoms. The first-order valence-electron chi connectivity index (χ1n) is 7.99. The van der Waals surface area contributed by atoms with Crippen molar-refractivity contribution in [3.8, 4) is 11.3 Å². The van der Waals surface area contributed by atoms with Gasteiger partial charge in [0.1, 0.15) is 0 Å². The lowest BCUT2D eigenvalue weighted by Crippen LogP contribution is -2.21. The molecule has 0 atom stereocenters. The number of halogens is 2. The fourth-order valence-electron chi connectivity index (χ4n) is 2.28. The van der Waals surface area contributed by atoms with E-state index in [4.69, 9.17) is 27.9 Å². The lowest BCUT2D eigenvalue weighted by Gasteiger charge is -2.07. The van der Waals surface area contributed by atoms with Crippen molar-refractivity contribution in [1.29, 1.82) is 0 Å². The minimum Gasteiger partial charge on any atom is -0.452 e. The Kier molecular flexibility index (Phi) is 6.96. The second-order valence-electron chi connectivity index (χ2n) is 5.49. The number of anilines is 1. The number of nitrogens with zero attached hydrogens (tertiary/aromatic N) is 1. The molecule has 28 heavy (non-hydrogen) atoms. The topological polar surface area (TPSA) is 68.3 Å². The number of carbonyl (C=O) groups is 2. The molecule has 1 aromatic heterocycles. The highest BCUT2D eigenvalue weighted by molar-refractivity contribution is 7.98. The number of hydrogen-bond acceptors (Lipinski definition) is 6. The summed E-state index contributed by atoms with van der Waals surface area (Å²) in [7, 11) is 0. The number of benzene rings is 2. The number of thioether (sulfide) groups is 1. The highest BCUT2D eigenvalue weighted by atomic mass is 35.5. The standard InChI is InChI=1S/C19H14Cl2N2O3S2/c1-27-11-6-7-15(21)13(8-11)18(25)26-9-17(24)23-19-22-16(10-28-19)12-4-2-3-5-14(12)20/h2-8,10H,9H2,1H3,(H,22,23,24).